The molecule has 5 nitrogen and oxygen atoms in total. The first-order valence-electron chi connectivity index (χ1n) is 10.4. The molecule has 164 valence electrons. The SMILES string of the molecule is O=C(O)[C@@H]1[C@@H](CCc2ccc(Cl)cc2)C(=O)N1C(=O)C[C@H](C(F)F)C1CCCCC1. The van der Waals surface area contributed by atoms with Crippen LogP contribution in [0.15, 0.2) is 24.3 Å². The number of hydrogen-bond acceptors (Lipinski definition) is 3. The second-order valence-corrected chi connectivity index (χ2v) is 8.69. The summed E-state index contributed by atoms with van der Waals surface area (Å²) in [6, 6.07) is 5.71. The van der Waals surface area contributed by atoms with Gasteiger partial charge in [-0.05, 0) is 49.3 Å². The van der Waals surface area contributed by atoms with Crippen LogP contribution in [0.2, 0.25) is 5.02 Å². The second-order valence-electron chi connectivity index (χ2n) is 8.26. The number of halogens is 3. The number of β-lactam (4-membered cyclic amide) rings is 1. The fourth-order valence-corrected chi connectivity index (χ4v) is 4.81. The Balaban J connectivity index is 1.64. The molecule has 0 radical (unpaired) electrons. The van der Waals surface area contributed by atoms with Gasteiger partial charge in [0.2, 0.25) is 18.2 Å². The highest BCUT2D eigenvalue weighted by Gasteiger charge is 2.54. The average Bonchev–Trinajstić information content (AvgIpc) is 2.71. The van der Waals surface area contributed by atoms with Gasteiger partial charge in [-0.1, -0.05) is 43.0 Å². The molecule has 2 amide bonds. The normalized spacial score (nSPS) is 23.3. The van der Waals surface area contributed by atoms with E-state index < -0.39 is 48.5 Å². The molecule has 1 aromatic carbocycles. The highest BCUT2D eigenvalue weighted by molar-refractivity contribution is 6.30. The van der Waals surface area contributed by atoms with Crippen LogP contribution in [0.25, 0.3) is 0 Å². The van der Waals surface area contributed by atoms with Crippen LogP contribution >= 0.6 is 11.6 Å². The molecule has 30 heavy (non-hydrogen) atoms. The minimum Gasteiger partial charge on any atom is -0.480 e. The summed E-state index contributed by atoms with van der Waals surface area (Å²) in [6.07, 6.45) is 1.57. The van der Waals surface area contributed by atoms with Crippen molar-refractivity contribution in [2.24, 2.45) is 17.8 Å². The van der Waals surface area contributed by atoms with Crippen LogP contribution in [-0.2, 0) is 20.8 Å². The zero-order chi connectivity index (χ0) is 21.8. The van der Waals surface area contributed by atoms with Crippen molar-refractivity contribution in [3.05, 3.63) is 34.9 Å². The molecule has 1 aromatic rings. The predicted octanol–water partition coefficient (Wildman–Crippen LogP) is 4.56. The molecule has 1 aliphatic heterocycles. The van der Waals surface area contributed by atoms with Gasteiger partial charge < -0.3 is 5.11 Å². The number of carbonyl (C=O) groups is 3. The van der Waals surface area contributed by atoms with Crippen molar-refractivity contribution < 1.29 is 28.3 Å². The first-order chi connectivity index (χ1) is 14.3. The van der Waals surface area contributed by atoms with Gasteiger partial charge in [-0.25, -0.2) is 13.6 Å². The molecule has 3 rings (SSSR count). The van der Waals surface area contributed by atoms with Crippen LogP contribution in [-0.4, -0.2) is 40.3 Å². The third-order valence-electron chi connectivity index (χ3n) is 6.38. The van der Waals surface area contributed by atoms with E-state index in [0.717, 1.165) is 24.8 Å². The van der Waals surface area contributed by atoms with Crippen LogP contribution < -0.4 is 0 Å². The molecule has 0 aromatic heterocycles. The van der Waals surface area contributed by atoms with Crippen molar-refractivity contribution in [3.8, 4) is 0 Å². The van der Waals surface area contributed by atoms with Crippen molar-refractivity contribution in [2.45, 2.75) is 63.8 Å². The van der Waals surface area contributed by atoms with E-state index in [9.17, 15) is 28.3 Å². The Morgan fingerprint density at radius 1 is 1.13 bits per heavy atom. The Morgan fingerprint density at radius 2 is 1.77 bits per heavy atom. The maximum atomic E-state index is 13.6. The van der Waals surface area contributed by atoms with E-state index in [1.165, 1.54) is 0 Å². The Hall–Kier alpha value is -2.02. The predicted molar refractivity (Wildman–Crippen MR) is 107 cm³/mol. The van der Waals surface area contributed by atoms with Gasteiger partial charge in [-0.3, -0.25) is 14.5 Å². The smallest absolute Gasteiger partial charge is 0.327 e. The van der Waals surface area contributed by atoms with Crippen LogP contribution in [0.1, 0.15) is 50.5 Å². The number of hydrogen-bond donors (Lipinski definition) is 1. The number of aryl methyl sites for hydroxylation is 1. The van der Waals surface area contributed by atoms with E-state index in [0.29, 0.717) is 29.2 Å². The van der Waals surface area contributed by atoms with Crippen LogP contribution in [0.5, 0.6) is 0 Å². The molecule has 1 heterocycles. The zero-order valence-electron chi connectivity index (χ0n) is 16.6. The molecule has 1 aliphatic carbocycles. The summed E-state index contributed by atoms with van der Waals surface area (Å²) >= 11 is 5.85. The molecule has 1 saturated heterocycles. The van der Waals surface area contributed by atoms with E-state index in [-0.39, 0.29) is 12.3 Å². The number of aliphatic carboxylic acids is 1. The summed E-state index contributed by atoms with van der Waals surface area (Å²) in [5.41, 5.74) is 0.899. The second kappa shape index (κ2) is 9.86. The summed E-state index contributed by atoms with van der Waals surface area (Å²) in [5.74, 6) is -4.89. The molecular weight excluding hydrogens is 416 g/mol. The lowest BCUT2D eigenvalue weighted by Gasteiger charge is -2.44. The number of benzene rings is 1. The van der Waals surface area contributed by atoms with Crippen LogP contribution in [0.4, 0.5) is 8.78 Å². The molecule has 8 heteroatoms. The van der Waals surface area contributed by atoms with Gasteiger partial charge in [0.15, 0.2) is 0 Å². The molecule has 0 unspecified atom stereocenters. The number of amides is 2. The van der Waals surface area contributed by atoms with E-state index in [1.54, 1.807) is 24.3 Å². The third kappa shape index (κ3) is 4.99. The molecule has 0 bridgehead atoms. The zero-order valence-corrected chi connectivity index (χ0v) is 17.4. The van der Waals surface area contributed by atoms with E-state index >= 15 is 0 Å². The quantitative estimate of drug-likeness (QED) is 0.600. The summed E-state index contributed by atoms with van der Waals surface area (Å²) in [7, 11) is 0. The first-order valence-corrected chi connectivity index (χ1v) is 10.8. The lowest BCUT2D eigenvalue weighted by atomic mass is 9.77. The lowest BCUT2D eigenvalue weighted by molar-refractivity contribution is -0.178. The van der Waals surface area contributed by atoms with Gasteiger partial charge in [-0.2, -0.15) is 0 Å². The Morgan fingerprint density at radius 3 is 2.33 bits per heavy atom. The van der Waals surface area contributed by atoms with Crippen LogP contribution in [0.3, 0.4) is 0 Å². The number of carboxylic acids is 1. The molecule has 1 N–H and O–H groups in total. The van der Waals surface area contributed by atoms with Crippen molar-refractivity contribution in [1.29, 1.82) is 0 Å². The number of imide groups is 1. The molecule has 0 spiro atoms. The topological polar surface area (TPSA) is 74.7 Å². The van der Waals surface area contributed by atoms with E-state index in [1.807, 2.05) is 0 Å². The highest BCUT2D eigenvalue weighted by atomic mass is 35.5. The highest BCUT2D eigenvalue weighted by Crippen LogP contribution is 2.38. The van der Waals surface area contributed by atoms with Gasteiger partial charge in [0.1, 0.15) is 6.04 Å². The minimum absolute atomic E-state index is 0.261. The van der Waals surface area contributed by atoms with Crippen LogP contribution in [0, 0.1) is 17.8 Å². The standard InChI is InChI=1S/C22H26ClF2NO4/c23-15-9-6-13(7-10-15)8-11-16-19(22(29)30)26(21(16)28)18(27)12-17(20(24)25)14-4-2-1-3-5-14/h6-7,9-10,14,16-17,19-20H,1-5,8,11-12H2,(H,29,30)/t16-,17+,19+/m1/s1. The van der Waals surface area contributed by atoms with Gasteiger partial charge in [0, 0.05) is 17.4 Å². The first kappa shape index (κ1) is 22.7. The molecular formula is C22H26ClF2NO4. The molecule has 1 saturated carbocycles. The summed E-state index contributed by atoms with van der Waals surface area (Å²) in [4.78, 5) is 37.6. The van der Waals surface area contributed by atoms with Gasteiger partial charge in [0.25, 0.3) is 0 Å². The fourth-order valence-electron chi connectivity index (χ4n) is 4.69. The number of likely N-dealkylation sites (tertiary alicyclic amines) is 1. The van der Waals surface area contributed by atoms with Gasteiger partial charge in [-0.15, -0.1) is 0 Å². The minimum atomic E-state index is -2.67. The number of nitrogens with zero attached hydrogens (tertiary/aromatic N) is 1. The number of rotatable bonds is 8. The number of alkyl halides is 2. The lowest BCUT2D eigenvalue weighted by Crippen LogP contribution is -2.66. The third-order valence-corrected chi connectivity index (χ3v) is 6.63. The summed E-state index contributed by atoms with van der Waals surface area (Å²) in [5, 5.41) is 10.1. The summed E-state index contributed by atoms with van der Waals surface area (Å²) in [6.45, 7) is 0. The van der Waals surface area contributed by atoms with Gasteiger partial charge in [0.05, 0.1) is 5.92 Å². The Bertz CT molecular complexity index is 780. The van der Waals surface area contributed by atoms with Crippen molar-refractivity contribution >= 4 is 29.4 Å². The maximum Gasteiger partial charge on any atom is 0.327 e. The molecule has 2 aliphatic rings. The van der Waals surface area contributed by atoms with Crippen molar-refractivity contribution in [1.82, 2.24) is 4.90 Å². The number of carbonyl (C=O) groups excluding carboxylic acids is 2. The largest absolute Gasteiger partial charge is 0.480 e. The van der Waals surface area contributed by atoms with Crippen molar-refractivity contribution in [3.63, 3.8) is 0 Å². The van der Waals surface area contributed by atoms with E-state index in [2.05, 4.69) is 0 Å². The molecule has 2 fully saturated rings. The van der Waals surface area contributed by atoms with E-state index in [4.69, 9.17) is 11.6 Å². The van der Waals surface area contributed by atoms with Crippen molar-refractivity contribution in [2.75, 3.05) is 0 Å². The summed E-state index contributed by atoms with van der Waals surface area (Å²) < 4.78 is 27.2. The van der Waals surface area contributed by atoms with Gasteiger partial charge >= 0.3 is 5.97 Å². The Labute approximate surface area is 179 Å². The maximum absolute atomic E-state index is 13.6. The average molecular weight is 442 g/mol. The Kier molecular flexibility index (Phi) is 7.45. The molecule has 3 atom stereocenters. The number of carboxylic acid groups (broad SMARTS) is 1. The monoisotopic (exact) mass is 441 g/mol. The fraction of sp³-hybridized carbons (Fsp3) is 0.591.